The van der Waals surface area contributed by atoms with Gasteiger partial charge in [0.25, 0.3) is 5.91 Å². The molecule has 0 aromatic heterocycles. The predicted octanol–water partition coefficient (Wildman–Crippen LogP) is -2.28. The maximum absolute atomic E-state index is 11.9. The fourth-order valence-electron chi connectivity index (χ4n) is 1.74. The highest BCUT2D eigenvalue weighted by Gasteiger charge is 2.27. The molecule has 0 radical (unpaired) electrons. The number of hydrogen-bond donors (Lipinski definition) is 5. The Balaban J connectivity index is 2.57. The molecule has 7 N–H and O–H groups in total. The van der Waals surface area contributed by atoms with Crippen molar-refractivity contribution in [2.24, 2.45) is 11.5 Å². The Kier molecular flexibility index (Phi) is 6.43. The Labute approximate surface area is 116 Å². The fraction of sp³-hybridized carbons (Fsp3) is 0.667. The van der Waals surface area contributed by atoms with Crippen LogP contribution in [0.1, 0.15) is 19.3 Å². The van der Waals surface area contributed by atoms with E-state index in [1.165, 1.54) is 0 Å². The minimum absolute atomic E-state index is 0.132. The number of aliphatic hydroxyl groups is 2. The van der Waals surface area contributed by atoms with Gasteiger partial charge in [-0.05, 0) is 31.9 Å². The van der Waals surface area contributed by atoms with Crippen LogP contribution in [0.4, 0.5) is 0 Å². The van der Waals surface area contributed by atoms with Gasteiger partial charge in [0.05, 0.1) is 0 Å². The lowest BCUT2D eigenvalue weighted by Crippen LogP contribution is -2.46. The van der Waals surface area contributed by atoms with E-state index < -0.39 is 30.1 Å². The standard InChI is InChI=1S/C12H21N3O5/c13-4-2-1-3-7(11(14)18)15-12(19)10-5-8(16)9(17)6-20-10/h5,7-9,16-17H,1-4,6,13H2,(H2,14,18)(H,15,19). The third-order valence-electron chi connectivity index (χ3n) is 2.95. The molecular formula is C12H21N3O5. The summed E-state index contributed by atoms with van der Waals surface area (Å²) in [5.41, 5.74) is 10.6. The summed E-state index contributed by atoms with van der Waals surface area (Å²) < 4.78 is 5.00. The number of ether oxygens (including phenoxy) is 1. The SMILES string of the molecule is NCCCCC(NC(=O)C1=CC(O)C(O)CO1)C(N)=O. The zero-order valence-corrected chi connectivity index (χ0v) is 11.1. The van der Waals surface area contributed by atoms with E-state index in [4.69, 9.17) is 16.2 Å². The molecule has 0 aliphatic carbocycles. The first-order valence-corrected chi connectivity index (χ1v) is 6.46. The first kappa shape index (κ1) is 16.4. The van der Waals surface area contributed by atoms with E-state index in [-0.39, 0.29) is 12.4 Å². The summed E-state index contributed by atoms with van der Waals surface area (Å²) in [6.07, 6.45) is 0.630. The summed E-state index contributed by atoms with van der Waals surface area (Å²) in [5.74, 6) is -1.42. The molecule has 1 aliphatic heterocycles. The van der Waals surface area contributed by atoms with E-state index >= 15 is 0 Å². The number of unbranched alkanes of at least 4 members (excludes halogenated alkanes) is 1. The topological polar surface area (TPSA) is 148 Å². The van der Waals surface area contributed by atoms with Crippen molar-refractivity contribution in [3.8, 4) is 0 Å². The highest BCUT2D eigenvalue weighted by Crippen LogP contribution is 2.12. The van der Waals surface area contributed by atoms with Gasteiger partial charge in [0.2, 0.25) is 5.91 Å². The Bertz CT molecular complexity index is 385. The molecule has 1 heterocycles. The van der Waals surface area contributed by atoms with Gasteiger partial charge in [-0.1, -0.05) is 0 Å². The first-order valence-electron chi connectivity index (χ1n) is 6.46. The molecule has 0 aromatic rings. The molecule has 2 amide bonds. The van der Waals surface area contributed by atoms with Gasteiger partial charge < -0.3 is 31.7 Å². The van der Waals surface area contributed by atoms with Crippen molar-refractivity contribution in [3.05, 3.63) is 11.8 Å². The van der Waals surface area contributed by atoms with Crippen molar-refractivity contribution in [3.63, 3.8) is 0 Å². The maximum Gasteiger partial charge on any atom is 0.286 e. The molecule has 1 aliphatic rings. The molecule has 3 atom stereocenters. The molecule has 8 heteroatoms. The van der Waals surface area contributed by atoms with Crippen LogP contribution in [0.5, 0.6) is 0 Å². The van der Waals surface area contributed by atoms with Crippen LogP contribution in [0.2, 0.25) is 0 Å². The monoisotopic (exact) mass is 287 g/mol. The maximum atomic E-state index is 11.9. The lowest BCUT2D eigenvalue weighted by molar-refractivity contribution is -0.128. The Morgan fingerprint density at radius 2 is 2.15 bits per heavy atom. The van der Waals surface area contributed by atoms with Gasteiger partial charge in [-0.25, -0.2) is 0 Å². The van der Waals surface area contributed by atoms with Crippen LogP contribution in [0.15, 0.2) is 11.8 Å². The van der Waals surface area contributed by atoms with Gasteiger partial charge in [-0.2, -0.15) is 0 Å². The normalized spacial score (nSPS) is 23.4. The summed E-state index contributed by atoms with van der Waals surface area (Å²) in [6, 6.07) is -0.817. The van der Waals surface area contributed by atoms with Crippen LogP contribution < -0.4 is 16.8 Å². The lowest BCUT2D eigenvalue weighted by atomic mass is 10.1. The molecule has 20 heavy (non-hydrogen) atoms. The zero-order valence-electron chi connectivity index (χ0n) is 11.1. The van der Waals surface area contributed by atoms with Gasteiger partial charge in [0.15, 0.2) is 5.76 Å². The Morgan fingerprint density at radius 3 is 2.70 bits per heavy atom. The predicted molar refractivity (Wildman–Crippen MR) is 70.1 cm³/mol. The Morgan fingerprint density at radius 1 is 1.45 bits per heavy atom. The van der Waals surface area contributed by atoms with Crippen LogP contribution in [-0.4, -0.2) is 53.4 Å². The Hall–Kier alpha value is -1.64. The molecule has 0 fully saturated rings. The van der Waals surface area contributed by atoms with Crippen LogP contribution in [0.25, 0.3) is 0 Å². The molecule has 0 saturated heterocycles. The molecule has 8 nitrogen and oxygen atoms in total. The highest BCUT2D eigenvalue weighted by atomic mass is 16.5. The lowest BCUT2D eigenvalue weighted by Gasteiger charge is -2.24. The van der Waals surface area contributed by atoms with Crippen molar-refractivity contribution < 1.29 is 24.5 Å². The second kappa shape index (κ2) is 7.83. The largest absolute Gasteiger partial charge is 0.485 e. The zero-order chi connectivity index (χ0) is 15.1. The van der Waals surface area contributed by atoms with Gasteiger partial charge in [0.1, 0.15) is 24.9 Å². The molecule has 114 valence electrons. The van der Waals surface area contributed by atoms with Crippen LogP contribution in [-0.2, 0) is 14.3 Å². The van der Waals surface area contributed by atoms with E-state index in [1.54, 1.807) is 0 Å². The number of amides is 2. The van der Waals surface area contributed by atoms with E-state index in [1.807, 2.05) is 0 Å². The van der Waals surface area contributed by atoms with E-state index in [0.717, 1.165) is 12.5 Å². The van der Waals surface area contributed by atoms with E-state index in [2.05, 4.69) is 5.32 Å². The molecule has 3 unspecified atom stereocenters. The minimum atomic E-state index is -1.17. The third-order valence-corrected chi connectivity index (χ3v) is 2.95. The number of rotatable bonds is 7. The summed E-state index contributed by atoms with van der Waals surface area (Å²) >= 11 is 0. The van der Waals surface area contributed by atoms with Crippen molar-refractivity contribution >= 4 is 11.8 Å². The van der Waals surface area contributed by atoms with Crippen molar-refractivity contribution in [1.82, 2.24) is 5.32 Å². The van der Waals surface area contributed by atoms with Gasteiger partial charge in [-0.3, -0.25) is 9.59 Å². The number of carbonyl (C=O) groups excluding carboxylic acids is 2. The van der Waals surface area contributed by atoms with Crippen molar-refractivity contribution in [1.29, 1.82) is 0 Å². The quantitative estimate of drug-likeness (QED) is 0.333. The smallest absolute Gasteiger partial charge is 0.286 e. The molecule has 0 spiro atoms. The number of hydrogen-bond acceptors (Lipinski definition) is 6. The van der Waals surface area contributed by atoms with Gasteiger partial charge >= 0.3 is 0 Å². The molecule has 0 saturated carbocycles. The minimum Gasteiger partial charge on any atom is -0.485 e. The summed E-state index contributed by atoms with van der Waals surface area (Å²) in [6.45, 7) is 0.312. The second-order valence-corrected chi connectivity index (χ2v) is 4.61. The van der Waals surface area contributed by atoms with Crippen LogP contribution in [0.3, 0.4) is 0 Å². The number of nitrogens with two attached hydrogens (primary N) is 2. The fourth-order valence-corrected chi connectivity index (χ4v) is 1.74. The van der Waals surface area contributed by atoms with Crippen molar-refractivity contribution in [2.45, 2.75) is 37.5 Å². The molecule has 0 aromatic carbocycles. The number of aliphatic hydroxyl groups excluding tert-OH is 2. The average Bonchev–Trinajstić information content (AvgIpc) is 2.40. The first-order chi connectivity index (χ1) is 9.45. The van der Waals surface area contributed by atoms with E-state index in [0.29, 0.717) is 19.4 Å². The number of carbonyl (C=O) groups is 2. The van der Waals surface area contributed by atoms with Crippen LogP contribution >= 0.6 is 0 Å². The average molecular weight is 287 g/mol. The third kappa shape index (κ3) is 4.80. The number of nitrogens with one attached hydrogen (secondary N) is 1. The summed E-state index contributed by atoms with van der Waals surface area (Å²) in [5, 5.41) is 21.1. The summed E-state index contributed by atoms with van der Waals surface area (Å²) in [4.78, 5) is 23.1. The van der Waals surface area contributed by atoms with Gasteiger partial charge in [-0.15, -0.1) is 0 Å². The number of primary amides is 1. The van der Waals surface area contributed by atoms with Gasteiger partial charge in [0, 0.05) is 0 Å². The molecular weight excluding hydrogens is 266 g/mol. The molecule has 1 rings (SSSR count). The van der Waals surface area contributed by atoms with Crippen LogP contribution in [0, 0.1) is 0 Å². The second-order valence-electron chi connectivity index (χ2n) is 4.61. The summed E-state index contributed by atoms with van der Waals surface area (Å²) in [7, 11) is 0. The molecule has 0 bridgehead atoms. The van der Waals surface area contributed by atoms with Crippen molar-refractivity contribution in [2.75, 3.05) is 13.2 Å². The van der Waals surface area contributed by atoms with E-state index in [9.17, 15) is 19.8 Å². The highest BCUT2D eigenvalue weighted by molar-refractivity contribution is 5.95.